The molecule has 31 heavy (non-hydrogen) atoms. The predicted molar refractivity (Wildman–Crippen MR) is 122 cm³/mol. The van der Waals surface area contributed by atoms with Crippen molar-refractivity contribution < 1.29 is 4.39 Å². The van der Waals surface area contributed by atoms with E-state index in [1.807, 2.05) is 6.07 Å². The van der Waals surface area contributed by atoms with Crippen molar-refractivity contribution in [3.63, 3.8) is 0 Å². The highest BCUT2D eigenvalue weighted by atomic mass is 19.1. The molecule has 0 amide bonds. The average molecular weight is 423 g/mol. The monoisotopic (exact) mass is 422 g/mol. The van der Waals surface area contributed by atoms with Gasteiger partial charge in [0.25, 0.3) is 0 Å². The van der Waals surface area contributed by atoms with E-state index < -0.39 is 5.95 Å². The number of pyridine rings is 1. The van der Waals surface area contributed by atoms with E-state index in [1.165, 1.54) is 6.07 Å². The van der Waals surface area contributed by atoms with E-state index in [0.717, 1.165) is 43.2 Å². The molecule has 1 unspecified atom stereocenters. The highest BCUT2D eigenvalue weighted by Crippen LogP contribution is 2.29. The molecule has 1 N–H and O–H groups in total. The molecule has 0 spiro atoms. The molecule has 4 heterocycles. The van der Waals surface area contributed by atoms with Crippen molar-refractivity contribution in [1.29, 1.82) is 0 Å². The van der Waals surface area contributed by atoms with Gasteiger partial charge in [0.15, 0.2) is 0 Å². The van der Waals surface area contributed by atoms with Gasteiger partial charge in [-0.2, -0.15) is 4.39 Å². The third kappa shape index (κ3) is 4.93. The second-order valence-corrected chi connectivity index (χ2v) is 7.56. The molecule has 0 aromatic carbocycles. The Bertz CT molecular complexity index is 969. The molecule has 2 aliphatic rings. The summed E-state index contributed by atoms with van der Waals surface area (Å²) in [6.45, 7) is 10.2. The van der Waals surface area contributed by atoms with E-state index in [2.05, 4.69) is 48.7 Å². The summed E-state index contributed by atoms with van der Waals surface area (Å²) >= 11 is 0. The molecule has 2 aromatic heterocycles. The van der Waals surface area contributed by atoms with Crippen LogP contribution in [-0.2, 0) is 6.54 Å². The van der Waals surface area contributed by atoms with Crippen molar-refractivity contribution in [2.24, 2.45) is 9.98 Å². The number of halogens is 1. The number of hydrogen-bond donors (Lipinski definition) is 1. The van der Waals surface area contributed by atoms with Crippen LogP contribution in [0.4, 0.5) is 15.9 Å². The number of aromatic nitrogens is 3. The molecule has 0 aliphatic carbocycles. The number of aliphatic imine (C=N–C) groups is 2. The number of hydrogen-bond acceptors (Lipinski definition) is 8. The number of piperidine rings is 1. The van der Waals surface area contributed by atoms with Crippen LogP contribution in [0.15, 0.2) is 52.4 Å². The first-order valence-corrected chi connectivity index (χ1v) is 10.5. The van der Waals surface area contributed by atoms with Gasteiger partial charge in [0.2, 0.25) is 5.95 Å². The smallest absolute Gasteiger partial charge is 0.216 e. The summed E-state index contributed by atoms with van der Waals surface area (Å²) in [5.74, 6) is 0.830. The third-order valence-corrected chi connectivity index (χ3v) is 5.64. The minimum atomic E-state index is -0.466. The van der Waals surface area contributed by atoms with Crippen LogP contribution in [0.25, 0.3) is 0 Å². The first kappa shape index (κ1) is 21.0. The minimum absolute atomic E-state index is 0.0696. The first-order chi connectivity index (χ1) is 15.2. The van der Waals surface area contributed by atoms with Crippen molar-refractivity contribution in [3.8, 4) is 0 Å². The Kier molecular flexibility index (Phi) is 6.61. The lowest BCUT2D eigenvalue weighted by molar-refractivity contribution is 0.565. The molecule has 0 bridgehead atoms. The Hall–Kier alpha value is -3.20. The number of nitrogens with one attached hydrogen (secondary N) is 1. The van der Waals surface area contributed by atoms with Gasteiger partial charge in [-0.1, -0.05) is 0 Å². The fourth-order valence-electron chi connectivity index (χ4n) is 4.04. The lowest BCUT2D eigenvalue weighted by Gasteiger charge is -2.37. The maximum absolute atomic E-state index is 14.4. The molecule has 2 aromatic rings. The lowest BCUT2D eigenvalue weighted by atomic mass is 9.95. The Morgan fingerprint density at radius 3 is 2.74 bits per heavy atom. The number of piperazine rings is 1. The van der Waals surface area contributed by atoms with Gasteiger partial charge >= 0.3 is 0 Å². The normalized spacial score (nSPS) is 22.2. The van der Waals surface area contributed by atoms with Crippen molar-refractivity contribution in [1.82, 2.24) is 20.3 Å². The van der Waals surface area contributed by atoms with Crippen molar-refractivity contribution in [2.45, 2.75) is 25.9 Å². The van der Waals surface area contributed by atoms with E-state index in [4.69, 9.17) is 4.99 Å². The van der Waals surface area contributed by atoms with Crippen LogP contribution < -0.4 is 15.1 Å². The van der Waals surface area contributed by atoms with Gasteiger partial charge in [-0.15, -0.1) is 0 Å². The maximum atomic E-state index is 14.4. The molecule has 162 valence electrons. The second kappa shape index (κ2) is 9.74. The molecule has 8 nitrogen and oxygen atoms in total. The summed E-state index contributed by atoms with van der Waals surface area (Å²) in [4.78, 5) is 25.7. The number of nitrogens with zero attached hydrogens (tertiary/aromatic N) is 7. The minimum Gasteiger partial charge on any atom is -0.369 e. The Balaban J connectivity index is 1.58. The fourth-order valence-corrected chi connectivity index (χ4v) is 4.04. The molecule has 0 radical (unpaired) electrons. The fraction of sp³-hybridized carbons (Fsp3) is 0.409. The van der Waals surface area contributed by atoms with Gasteiger partial charge < -0.3 is 15.1 Å². The summed E-state index contributed by atoms with van der Waals surface area (Å²) in [5, 5.41) is 3.33. The first-order valence-electron chi connectivity index (χ1n) is 10.5. The summed E-state index contributed by atoms with van der Waals surface area (Å²) in [7, 11) is 0. The van der Waals surface area contributed by atoms with Crippen molar-refractivity contribution in [3.05, 3.63) is 54.1 Å². The standard InChI is InChI=1S/C22H27FN8/c1-16-18(14-24-2)19(28-15-21-26-5-3-6-27-21)4-9-31(16)22-13-17(12-20(23)29-22)30-10-7-25-8-11-30/h3,5-6,12-14,16,25H,2,4,7-11,15H2,1H3/b18-14-,28-19-. The van der Waals surface area contributed by atoms with Gasteiger partial charge in [0.05, 0.1) is 12.6 Å². The highest BCUT2D eigenvalue weighted by Gasteiger charge is 2.29. The summed E-state index contributed by atoms with van der Waals surface area (Å²) in [6, 6.07) is 5.20. The van der Waals surface area contributed by atoms with Crippen LogP contribution in [0.2, 0.25) is 0 Å². The lowest BCUT2D eigenvalue weighted by Crippen LogP contribution is -2.45. The largest absolute Gasteiger partial charge is 0.369 e. The molecule has 1 atom stereocenters. The molecule has 2 saturated heterocycles. The SMILES string of the molecule is C=N/C=C1\C(=N/Cc2ncccn2)CCN(c2cc(N3CCNCC3)cc(F)n2)C1C. The molecule has 2 aliphatic heterocycles. The Labute approximate surface area is 181 Å². The number of rotatable bonds is 5. The van der Waals surface area contributed by atoms with Crippen LogP contribution in [-0.4, -0.2) is 66.1 Å². The molecular formula is C22H27FN8. The molecule has 2 fully saturated rings. The van der Waals surface area contributed by atoms with Gasteiger partial charge in [-0.05, 0) is 19.7 Å². The molecular weight excluding hydrogens is 395 g/mol. The second-order valence-electron chi connectivity index (χ2n) is 7.56. The van der Waals surface area contributed by atoms with Crippen molar-refractivity contribution >= 4 is 23.9 Å². The summed E-state index contributed by atoms with van der Waals surface area (Å²) in [6.07, 6.45) is 5.85. The average Bonchev–Trinajstić information content (AvgIpc) is 2.80. The summed E-state index contributed by atoms with van der Waals surface area (Å²) in [5.41, 5.74) is 2.76. The zero-order chi connectivity index (χ0) is 21.6. The van der Waals surface area contributed by atoms with E-state index in [9.17, 15) is 4.39 Å². The van der Waals surface area contributed by atoms with E-state index in [1.54, 1.807) is 24.7 Å². The Morgan fingerprint density at radius 1 is 1.23 bits per heavy atom. The Morgan fingerprint density at radius 2 is 2.00 bits per heavy atom. The predicted octanol–water partition coefficient (Wildman–Crippen LogP) is 2.24. The van der Waals surface area contributed by atoms with E-state index >= 15 is 0 Å². The van der Waals surface area contributed by atoms with Gasteiger partial charge in [-0.3, -0.25) is 9.98 Å². The molecule has 0 saturated carbocycles. The third-order valence-electron chi connectivity index (χ3n) is 5.64. The number of anilines is 2. The maximum Gasteiger partial charge on any atom is 0.216 e. The van der Waals surface area contributed by atoms with E-state index in [0.29, 0.717) is 31.2 Å². The van der Waals surface area contributed by atoms with Crippen LogP contribution in [0.1, 0.15) is 19.2 Å². The van der Waals surface area contributed by atoms with Crippen LogP contribution in [0.3, 0.4) is 0 Å². The van der Waals surface area contributed by atoms with Crippen LogP contribution in [0.5, 0.6) is 0 Å². The van der Waals surface area contributed by atoms with Gasteiger partial charge in [0, 0.05) is 86.8 Å². The van der Waals surface area contributed by atoms with Crippen LogP contribution in [0, 0.1) is 5.95 Å². The molecule has 4 rings (SSSR count). The van der Waals surface area contributed by atoms with Gasteiger partial charge in [0.1, 0.15) is 11.6 Å². The van der Waals surface area contributed by atoms with Crippen LogP contribution >= 0.6 is 0 Å². The van der Waals surface area contributed by atoms with Gasteiger partial charge in [-0.25, -0.2) is 15.0 Å². The topological polar surface area (TPSA) is 81.9 Å². The quantitative estimate of drug-likeness (QED) is 0.588. The zero-order valence-corrected chi connectivity index (χ0v) is 17.7. The van der Waals surface area contributed by atoms with Crippen molar-refractivity contribution in [2.75, 3.05) is 42.5 Å². The van der Waals surface area contributed by atoms with E-state index in [-0.39, 0.29) is 6.04 Å². The highest BCUT2D eigenvalue weighted by molar-refractivity contribution is 6.03. The zero-order valence-electron chi connectivity index (χ0n) is 17.7. The summed E-state index contributed by atoms with van der Waals surface area (Å²) < 4.78 is 14.4. The molecule has 9 heteroatoms.